The Kier molecular flexibility index (Phi) is 5.57. The summed E-state index contributed by atoms with van der Waals surface area (Å²) in [6.07, 6.45) is -1.98. The molecule has 1 heterocycles. The van der Waals surface area contributed by atoms with E-state index in [1.807, 2.05) is 0 Å². The van der Waals surface area contributed by atoms with E-state index in [9.17, 15) is 17.6 Å². The van der Waals surface area contributed by atoms with Gasteiger partial charge in [-0.3, -0.25) is 11.3 Å². The van der Waals surface area contributed by atoms with Gasteiger partial charge in [0.25, 0.3) is 0 Å². The predicted molar refractivity (Wildman–Crippen MR) is 55.3 cm³/mol. The first-order valence-corrected chi connectivity index (χ1v) is 5.18. The van der Waals surface area contributed by atoms with Gasteiger partial charge < -0.3 is 9.15 Å². The Morgan fingerprint density at radius 3 is 2.67 bits per heavy atom. The van der Waals surface area contributed by atoms with Gasteiger partial charge in [-0.05, 0) is 12.1 Å². The molecule has 1 rings (SSSR count). The lowest BCUT2D eigenvalue weighted by Crippen LogP contribution is -2.42. The molecular formula is C10H14F4N2O2. The minimum Gasteiger partial charge on any atom is -0.469 e. The van der Waals surface area contributed by atoms with Crippen molar-refractivity contribution in [2.45, 2.75) is 24.8 Å². The molecule has 4 nitrogen and oxygen atoms in total. The number of hydrogen-bond donors (Lipinski definition) is 2. The summed E-state index contributed by atoms with van der Waals surface area (Å²) in [5, 5.41) is 0. The van der Waals surface area contributed by atoms with Crippen LogP contribution in [0.5, 0.6) is 0 Å². The topological polar surface area (TPSA) is 60.4 Å². The van der Waals surface area contributed by atoms with Gasteiger partial charge in [-0.25, -0.2) is 8.78 Å². The van der Waals surface area contributed by atoms with E-state index in [-0.39, 0.29) is 6.61 Å². The number of nitrogens with two attached hydrogens (primary N) is 1. The van der Waals surface area contributed by atoms with Crippen molar-refractivity contribution in [2.24, 2.45) is 5.84 Å². The summed E-state index contributed by atoms with van der Waals surface area (Å²) in [6.45, 7) is -1.57. The van der Waals surface area contributed by atoms with Gasteiger partial charge in [-0.1, -0.05) is 0 Å². The van der Waals surface area contributed by atoms with Gasteiger partial charge in [0.2, 0.25) is 0 Å². The summed E-state index contributed by atoms with van der Waals surface area (Å²) in [7, 11) is 0. The zero-order valence-corrected chi connectivity index (χ0v) is 9.41. The van der Waals surface area contributed by atoms with E-state index in [4.69, 9.17) is 10.3 Å². The fourth-order valence-corrected chi connectivity index (χ4v) is 1.24. The van der Waals surface area contributed by atoms with Gasteiger partial charge in [0.05, 0.1) is 18.9 Å². The van der Waals surface area contributed by atoms with Crippen molar-refractivity contribution in [1.29, 1.82) is 0 Å². The molecule has 8 heteroatoms. The van der Waals surface area contributed by atoms with Crippen molar-refractivity contribution in [3.8, 4) is 0 Å². The normalized spacial score (nSPS) is 14.1. The molecule has 1 aromatic rings. The molecule has 0 aliphatic heterocycles. The van der Waals surface area contributed by atoms with E-state index in [0.29, 0.717) is 12.2 Å². The second kappa shape index (κ2) is 6.72. The highest BCUT2D eigenvalue weighted by Crippen LogP contribution is 2.22. The lowest BCUT2D eigenvalue weighted by Gasteiger charge is -2.18. The Hall–Kier alpha value is -1.12. The fourth-order valence-electron chi connectivity index (χ4n) is 1.24. The van der Waals surface area contributed by atoms with E-state index in [0.717, 1.165) is 0 Å². The molecule has 0 aliphatic rings. The van der Waals surface area contributed by atoms with Gasteiger partial charge in [-0.15, -0.1) is 0 Å². The molecule has 1 unspecified atom stereocenters. The van der Waals surface area contributed by atoms with Crippen LogP contribution in [0.4, 0.5) is 17.6 Å². The Morgan fingerprint density at radius 2 is 2.17 bits per heavy atom. The van der Waals surface area contributed by atoms with Gasteiger partial charge in [0, 0.05) is 6.42 Å². The first kappa shape index (κ1) is 14.9. The van der Waals surface area contributed by atoms with Gasteiger partial charge >= 0.3 is 12.3 Å². The van der Waals surface area contributed by atoms with Crippen LogP contribution < -0.4 is 11.3 Å². The fraction of sp³-hybridized carbons (Fsp3) is 0.600. The first-order chi connectivity index (χ1) is 8.45. The molecule has 0 fully saturated rings. The number of ether oxygens (including phenoxy) is 1. The minimum atomic E-state index is -4.15. The van der Waals surface area contributed by atoms with Gasteiger partial charge in [-0.2, -0.15) is 8.78 Å². The molecule has 1 atom stereocenters. The third-order valence-electron chi connectivity index (χ3n) is 2.20. The summed E-state index contributed by atoms with van der Waals surface area (Å²) in [6, 6.07) is 2.84. The third kappa shape index (κ3) is 4.63. The summed E-state index contributed by atoms with van der Waals surface area (Å²) in [5.74, 6) is 1.63. The zero-order valence-electron chi connectivity index (χ0n) is 9.41. The molecule has 1 aromatic heterocycles. The average molecular weight is 270 g/mol. The summed E-state index contributed by atoms with van der Waals surface area (Å²) >= 11 is 0. The van der Waals surface area contributed by atoms with Crippen LogP contribution in [0.2, 0.25) is 0 Å². The molecule has 18 heavy (non-hydrogen) atoms. The van der Waals surface area contributed by atoms with E-state index in [1.54, 1.807) is 12.1 Å². The van der Waals surface area contributed by atoms with E-state index in [2.05, 4.69) is 10.2 Å². The van der Waals surface area contributed by atoms with Crippen molar-refractivity contribution < 1.29 is 26.7 Å². The Morgan fingerprint density at radius 1 is 1.44 bits per heavy atom. The van der Waals surface area contributed by atoms with Crippen LogP contribution in [0.15, 0.2) is 22.8 Å². The number of halogens is 4. The van der Waals surface area contributed by atoms with Gasteiger partial charge in [0.1, 0.15) is 12.4 Å². The maximum absolute atomic E-state index is 12.5. The molecule has 0 aromatic carbocycles. The molecule has 0 saturated carbocycles. The van der Waals surface area contributed by atoms with Crippen LogP contribution in [-0.4, -0.2) is 31.6 Å². The molecule has 0 aliphatic carbocycles. The molecule has 3 N–H and O–H groups in total. The van der Waals surface area contributed by atoms with Crippen LogP contribution in [-0.2, 0) is 11.2 Å². The number of rotatable bonds is 8. The Balaban J connectivity index is 2.32. The van der Waals surface area contributed by atoms with Crippen LogP contribution >= 0.6 is 0 Å². The monoisotopic (exact) mass is 270 g/mol. The number of hydrazine groups is 1. The minimum absolute atomic E-state index is 0.223. The number of alkyl halides is 4. The number of furan rings is 1. The lowest BCUT2D eigenvalue weighted by atomic mass is 10.2. The molecule has 0 amide bonds. The van der Waals surface area contributed by atoms with E-state index < -0.39 is 25.0 Å². The van der Waals surface area contributed by atoms with Crippen molar-refractivity contribution in [3.05, 3.63) is 24.2 Å². The quantitative estimate of drug-likeness (QED) is 0.427. The highest BCUT2D eigenvalue weighted by molar-refractivity contribution is 5.00. The highest BCUT2D eigenvalue weighted by Gasteiger charge is 2.41. The zero-order chi connectivity index (χ0) is 13.6. The Labute approximate surface area is 101 Å². The number of nitrogens with one attached hydrogen (secondary N) is 1. The SMILES string of the molecule is NNC(COCC(F)(F)C(F)F)Cc1ccco1. The first-order valence-electron chi connectivity index (χ1n) is 5.18. The van der Waals surface area contributed by atoms with Crippen molar-refractivity contribution >= 4 is 0 Å². The molecule has 0 bridgehead atoms. The lowest BCUT2D eigenvalue weighted by molar-refractivity contribution is -0.167. The van der Waals surface area contributed by atoms with Crippen molar-refractivity contribution in [1.82, 2.24) is 5.43 Å². The Bertz CT molecular complexity index is 333. The molecule has 0 spiro atoms. The van der Waals surface area contributed by atoms with Gasteiger partial charge in [0.15, 0.2) is 0 Å². The van der Waals surface area contributed by atoms with Crippen LogP contribution in [0, 0.1) is 0 Å². The smallest absolute Gasteiger partial charge is 0.330 e. The summed E-state index contributed by atoms with van der Waals surface area (Å²) < 4.78 is 58.3. The van der Waals surface area contributed by atoms with Crippen molar-refractivity contribution in [3.63, 3.8) is 0 Å². The summed E-state index contributed by atoms with van der Waals surface area (Å²) in [4.78, 5) is 0. The predicted octanol–water partition coefficient (Wildman–Crippen LogP) is 1.57. The van der Waals surface area contributed by atoms with Crippen LogP contribution in [0.1, 0.15) is 5.76 Å². The van der Waals surface area contributed by atoms with Crippen LogP contribution in [0.3, 0.4) is 0 Å². The van der Waals surface area contributed by atoms with E-state index >= 15 is 0 Å². The third-order valence-corrected chi connectivity index (χ3v) is 2.20. The average Bonchev–Trinajstić information content (AvgIpc) is 2.80. The standard InChI is InChI=1S/C10H14F4N2O2/c11-9(12)10(13,14)6-17-5-7(16-15)4-8-2-1-3-18-8/h1-3,7,9,16H,4-6,15H2. The van der Waals surface area contributed by atoms with E-state index in [1.165, 1.54) is 6.26 Å². The highest BCUT2D eigenvalue weighted by atomic mass is 19.3. The second-order valence-corrected chi connectivity index (χ2v) is 3.72. The second-order valence-electron chi connectivity index (χ2n) is 3.72. The van der Waals surface area contributed by atoms with Crippen LogP contribution in [0.25, 0.3) is 0 Å². The molecular weight excluding hydrogens is 256 g/mol. The maximum Gasteiger partial charge on any atom is 0.330 e. The van der Waals surface area contributed by atoms with Crippen molar-refractivity contribution in [2.75, 3.05) is 13.2 Å². The largest absolute Gasteiger partial charge is 0.469 e. The summed E-state index contributed by atoms with van der Waals surface area (Å²) in [5.41, 5.74) is 2.34. The maximum atomic E-state index is 12.5. The number of hydrogen-bond acceptors (Lipinski definition) is 4. The molecule has 104 valence electrons. The molecule has 0 saturated heterocycles. The molecule has 0 radical (unpaired) electrons.